The average Bonchev–Trinajstić information content (AvgIpc) is 3.21. The predicted molar refractivity (Wildman–Crippen MR) is 65.0 cm³/mol. The zero-order valence-corrected chi connectivity index (χ0v) is 9.63. The normalized spacial score (nSPS) is 26.8. The van der Waals surface area contributed by atoms with Crippen molar-refractivity contribution in [2.45, 2.75) is 31.2 Å². The second kappa shape index (κ2) is 4.11. The smallest absolute Gasteiger partial charge is 0.269 e. The second-order valence-electron chi connectivity index (χ2n) is 5.14. The Morgan fingerprint density at radius 1 is 1.41 bits per heavy atom. The Morgan fingerprint density at radius 2 is 2.24 bits per heavy atom. The van der Waals surface area contributed by atoms with Crippen LogP contribution in [0.15, 0.2) is 24.3 Å². The molecule has 2 unspecified atom stereocenters. The number of nitrogens with zero attached hydrogens (tertiary/aromatic N) is 1. The minimum atomic E-state index is -0.316. The Bertz CT molecular complexity index is 443. The molecule has 2 fully saturated rings. The molecule has 0 aromatic heterocycles. The summed E-state index contributed by atoms with van der Waals surface area (Å²) >= 11 is 0. The van der Waals surface area contributed by atoms with Gasteiger partial charge in [-0.1, -0.05) is 12.1 Å². The molecule has 17 heavy (non-hydrogen) atoms. The van der Waals surface area contributed by atoms with Crippen LogP contribution in [0, 0.1) is 16.0 Å². The molecule has 2 saturated carbocycles. The first-order valence-electron chi connectivity index (χ1n) is 6.22. The lowest BCUT2D eigenvalue weighted by molar-refractivity contribution is -0.384. The fourth-order valence-electron chi connectivity index (χ4n) is 2.36. The Labute approximate surface area is 100 Å². The van der Waals surface area contributed by atoms with E-state index in [4.69, 9.17) is 0 Å². The summed E-state index contributed by atoms with van der Waals surface area (Å²) in [6.07, 6.45) is 3.79. The van der Waals surface area contributed by atoms with Gasteiger partial charge in [0.2, 0.25) is 0 Å². The van der Waals surface area contributed by atoms with Crippen LogP contribution in [0.3, 0.4) is 0 Å². The van der Waals surface area contributed by atoms with E-state index in [1.807, 2.05) is 6.07 Å². The fraction of sp³-hybridized carbons (Fsp3) is 0.538. The van der Waals surface area contributed by atoms with Gasteiger partial charge in [0.25, 0.3) is 5.69 Å². The van der Waals surface area contributed by atoms with Gasteiger partial charge in [-0.25, -0.2) is 0 Å². The quantitative estimate of drug-likeness (QED) is 0.626. The van der Waals surface area contributed by atoms with Crippen molar-refractivity contribution in [3.05, 3.63) is 39.9 Å². The average molecular weight is 232 g/mol. The number of nitro benzene ring substituents is 1. The van der Waals surface area contributed by atoms with E-state index >= 15 is 0 Å². The van der Waals surface area contributed by atoms with E-state index in [-0.39, 0.29) is 10.6 Å². The first-order valence-corrected chi connectivity index (χ1v) is 6.22. The van der Waals surface area contributed by atoms with Gasteiger partial charge >= 0.3 is 0 Å². The van der Waals surface area contributed by atoms with Crippen LogP contribution in [0.2, 0.25) is 0 Å². The fourth-order valence-corrected chi connectivity index (χ4v) is 2.36. The molecule has 3 rings (SSSR count). The van der Waals surface area contributed by atoms with Crippen molar-refractivity contribution in [3.8, 4) is 0 Å². The molecule has 0 saturated heterocycles. The van der Waals surface area contributed by atoms with Gasteiger partial charge in [0.1, 0.15) is 0 Å². The van der Waals surface area contributed by atoms with Gasteiger partial charge in [0.05, 0.1) is 4.92 Å². The lowest BCUT2D eigenvalue weighted by Gasteiger charge is -2.02. The highest BCUT2D eigenvalue weighted by Crippen LogP contribution is 2.47. The van der Waals surface area contributed by atoms with E-state index in [1.165, 1.54) is 19.3 Å². The summed E-state index contributed by atoms with van der Waals surface area (Å²) in [5, 5.41) is 14.2. The van der Waals surface area contributed by atoms with Crippen LogP contribution in [0.4, 0.5) is 5.69 Å². The summed E-state index contributed by atoms with van der Waals surface area (Å²) in [5.41, 5.74) is 1.34. The molecule has 1 aromatic carbocycles. The lowest BCUT2D eigenvalue weighted by atomic mass is 10.1. The minimum Gasteiger partial charge on any atom is -0.314 e. The third-order valence-corrected chi connectivity index (χ3v) is 3.68. The van der Waals surface area contributed by atoms with Crippen molar-refractivity contribution in [3.63, 3.8) is 0 Å². The van der Waals surface area contributed by atoms with E-state index in [9.17, 15) is 10.1 Å². The molecule has 1 N–H and O–H groups in total. The van der Waals surface area contributed by atoms with E-state index < -0.39 is 0 Å². The van der Waals surface area contributed by atoms with Gasteiger partial charge < -0.3 is 5.32 Å². The third kappa shape index (κ3) is 2.47. The van der Waals surface area contributed by atoms with Crippen LogP contribution < -0.4 is 5.32 Å². The molecule has 2 aliphatic rings. The molecule has 0 bridgehead atoms. The zero-order valence-electron chi connectivity index (χ0n) is 9.63. The van der Waals surface area contributed by atoms with E-state index in [1.54, 1.807) is 18.2 Å². The largest absolute Gasteiger partial charge is 0.314 e. The first-order chi connectivity index (χ1) is 8.24. The van der Waals surface area contributed by atoms with Gasteiger partial charge in [-0.3, -0.25) is 10.1 Å². The molecule has 1 aromatic rings. The SMILES string of the molecule is O=[N+]([O-])c1cccc(C2CC2CNC2CC2)c1. The molecule has 4 heteroatoms. The van der Waals surface area contributed by atoms with E-state index in [0.717, 1.165) is 18.2 Å². The van der Waals surface area contributed by atoms with Crippen molar-refractivity contribution < 1.29 is 4.92 Å². The van der Waals surface area contributed by atoms with Gasteiger partial charge in [-0.05, 0) is 43.2 Å². The predicted octanol–water partition coefficient (Wildman–Crippen LogP) is 2.45. The molecular weight excluding hydrogens is 216 g/mol. The number of nitro groups is 1. The topological polar surface area (TPSA) is 55.2 Å². The second-order valence-corrected chi connectivity index (χ2v) is 5.14. The highest BCUT2D eigenvalue weighted by molar-refractivity contribution is 5.38. The van der Waals surface area contributed by atoms with Crippen LogP contribution in [-0.2, 0) is 0 Å². The Hall–Kier alpha value is -1.42. The Morgan fingerprint density at radius 3 is 2.94 bits per heavy atom. The lowest BCUT2D eigenvalue weighted by Crippen LogP contribution is -2.19. The maximum atomic E-state index is 10.7. The highest BCUT2D eigenvalue weighted by atomic mass is 16.6. The standard InChI is InChI=1S/C13H16N2O2/c16-15(17)12-3-1-2-9(6-12)13-7-10(13)8-14-11-4-5-11/h1-3,6,10-11,13-14H,4-5,7-8H2. The summed E-state index contributed by atoms with van der Waals surface area (Å²) in [4.78, 5) is 10.4. The Balaban J connectivity index is 1.61. The summed E-state index contributed by atoms with van der Waals surface area (Å²) in [7, 11) is 0. The molecule has 2 atom stereocenters. The molecule has 0 heterocycles. The minimum absolute atomic E-state index is 0.211. The molecule has 2 aliphatic carbocycles. The van der Waals surface area contributed by atoms with E-state index in [0.29, 0.717) is 11.8 Å². The number of benzene rings is 1. The molecule has 0 spiro atoms. The maximum Gasteiger partial charge on any atom is 0.269 e. The van der Waals surface area contributed by atoms with Crippen molar-refractivity contribution >= 4 is 5.69 Å². The number of rotatable bonds is 5. The van der Waals surface area contributed by atoms with Crippen molar-refractivity contribution in [2.75, 3.05) is 6.54 Å². The number of hydrogen-bond acceptors (Lipinski definition) is 3. The maximum absolute atomic E-state index is 10.7. The van der Waals surface area contributed by atoms with Crippen LogP contribution in [0.25, 0.3) is 0 Å². The van der Waals surface area contributed by atoms with Gasteiger partial charge in [0, 0.05) is 18.2 Å². The van der Waals surface area contributed by atoms with Crippen LogP contribution in [-0.4, -0.2) is 17.5 Å². The van der Waals surface area contributed by atoms with Crippen LogP contribution in [0.5, 0.6) is 0 Å². The number of nitrogens with one attached hydrogen (secondary N) is 1. The third-order valence-electron chi connectivity index (χ3n) is 3.68. The summed E-state index contributed by atoms with van der Waals surface area (Å²) in [6, 6.07) is 7.83. The monoisotopic (exact) mass is 232 g/mol. The van der Waals surface area contributed by atoms with Crippen molar-refractivity contribution in [1.29, 1.82) is 0 Å². The van der Waals surface area contributed by atoms with Crippen LogP contribution in [0.1, 0.15) is 30.7 Å². The van der Waals surface area contributed by atoms with Crippen molar-refractivity contribution in [1.82, 2.24) is 5.32 Å². The Kier molecular flexibility index (Phi) is 2.59. The van der Waals surface area contributed by atoms with Crippen molar-refractivity contribution in [2.24, 2.45) is 5.92 Å². The highest BCUT2D eigenvalue weighted by Gasteiger charge is 2.39. The van der Waals surface area contributed by atoms with Crippen LogP contribution >= 0.6 is 0 Å². The molecular formula is C13H16N2O2. The van der Waals surface area contributed by atoms with Gasteiger partial charge in [-0.2, -0.15) is 0 Å². The number of non-ortho nitro benzene ring substituents is 1. The summed E-state index contributed by atoms with van der Waals surface area (Å²) < 4.78 is 0. The van der Waals surface area contributed by atoms with Gasteiger partial charge in [-0.15, -0.1) is 0 Å². The van der Waals surface area contributed by atoms with Gasteiger partial charge in [0.15, 0.2) is 0 Å². The zero-order chi connectivity index (χ0) is 11.8. The molecule has 0 amide bonds. The molecule has 4 nitrogen and oxygen atoms in total. The first kappa shape index (κ1) is 10.7. The summed E-state index contributed by atoms with van der Waals surface area (Å²) in [5.74, 6) is 1.21. The number of hydrogen-bond donors (Lipinski definition) is 1. The molecule has 0 radical (unpaired) electrons. The molecule has 0 aliphatic heterocycles. The summed E-state index contributed by atoms with van der Waals surface area (Å²) in [6.45, 7) is 1.07. The molecule has 90 valence electrons. The van der Waals surface area contributed by atoms with E-state index in [2.05, 4.69) is 5.32 Å².